The Morgan fingerprint density at radius 2 is 1.79 bits per heavy atom. The molecule has 3 aromatic carbocycles. The maximum Gasteiger partial charge on any atom is 0.321 e. The van der Waals surface area contributed by atoms with E-state index in [9.17, 15) is 9.59 Å². The molecular weight excluding hydrogens is 426 g/mol. The standard InChI is InChI=1S/C28H29N3O3/c1-18-13-14-22(19(2)17-18)29-26(32)24-25-21-11-7-8-12-23(21)34-28(24,3)31(27(33)30-25)16-15-20-9-5-4-6-10-20/h4-14,17,24-25H,15-16H2,1-3H3,(H,29,32)(H,30,33)/t24-,25-,28-/m0/s1. The molecule has 2 aliphatic rings. The lowest BCUT2D eigenvalue weighted by Crippen LogP contribution is -2.72. The molecule has 34 heavy (non-hydrogen) atoms. The number of benzene rings is 3. The molecule has 0 spiro atoms. The number of urea groups is 1. The molecule has 0 radical (unpaired) electrons. The van der Waals surface area contributed by atoms with Crippen LogP contribution in [-0.2, 0) is 11.2 Å². The first-order valence-corrected chi connectivity index (χ1v) is 11.6. The van der Waals surface area contributed by atoms with Gasteiger partial charge in [-0.3, -0.25) is 9.69 Å². The lowest BCUT2D eigenvalue weighted by atomic mass is 9.78. The number of aryl methyl sites for hydroxylation is 2. The van der Waals surface area contributed by atoms with Gasteiger partial charge in [0.05, 0.1) is 6.04 Å². The SMILES string of the molecule is Cc1ccc(NC(=O)[C@@H]2[C@H]3NC(=O)N(CCc4ccccc4)[C@@]2(C)Oc2ccccc23)c(C)c1. The van der Waals surface area contributed by atoms with E-state index in [1.165, 1.54) is 0 Å². The molecule has 1 fully saturated rings. The minimum Gasteiger partial charge on any atom is -0.467 e. The van der Waals surface area contributed by atoms with Crippen molar-refractivity contribution in [2.75, 3.05) is 11.9 Å². The zero-order valence-corrected chi connectivity index (χ0v) is 19.7. The van der Waals surface area contributed by atoms with Crippen LogP contribution in [0.15, 0.2) is 72.8 Å². The van der Waals surface area contributed by atoms with Gasteiger partial charge in [-0.2, -0.15) is 0 Å². The molecule has 6 nitrogen and oxygen atoms in total. The molecule has 3 aromatic rings. The molecule has 3 atom stereocenters. The van der Waals surface area contributed by atoms with Crippen LogP contribution < -0.4 is 15.4 Å². The minimum atomic E-state index is -1.14. The van der Waals surface area contributed by atoms with Gasteiger partial charge in [-0.15, -0.1) is 0 Å². The summed E-state index contributed by atoms with van der Waals surface area (Å²) in [6.45, 7) is 6.28. The smallest absolute Gasteiger partial charge is 0.321 e. The van der Waals surface area contributed by atoms with Crippen molar-refractivity contribution in [2.24, 2.45) is 5.92 Å². The van der Waals surface area contributed by atoms with Gasteiger partial charge in [-0.25, -0.2) is 4.79 Å². The fourth-order valence-corrected chi connectivity index (χ4v) is 5.17. The fraction of sp³-hybridized carbons (Fsp3) is 0.286. The highest BCUT2D eigenvalue weighted by molar-refractivity contribution is 5.96. The number of carbonyl (C=O) groups is 2. The van der Waals surface area contributed by atoms with Crippen molar-refractivity contribution in [1.82, 2.24) is 10.2 Å². The number of hydrogen-bond acceptors (Lipinski definition) is 3. The Hall–Kier alpha value is -3.80. The number of para-hydroxylation sites is 1. The summed E-state index contributed by atoms with van der Waals surface area (Å²) < 4.78 is 6.49. The van der Waals surface area contributed by atoms with Crippen LogP contribution in [-0.4, -0.2) is 29.1 Å². The summed E-state index contributed by atoms with van der Waals surface area (Å²) in [5.41, 5.74) is 3.68. The molecule has 0 saturated carbocycles. The van der Waals surface area contributed by atoms with Gasteiger partial charge in [-0.1, -0.05) is 66.2 Å². The minimum absolute atomic E-state index is 0.182. The van der Waals surface area contributed by atoms with Crippen LogP contribution in [0, 0.1) is 19.8 Å². The quantitative estimate of drug-likeness (QED) is 0.570. The van der Waals surface area contributed by atoms with Crippen LogP contribution in [0.2, 0.25) is 0 Å². The second-order valence-electron chi connectivity index (χ2n) is 9.29. The Morgan fingerprint density at radius 3 is 2.56 bits per heavy atom. The second kappa shape index (κ2) is 8.52. The molecule has 1 saturated heterocycles. The number of ether oxygens (including phenoxy) is 1. The second-order valence-corrected chi connectivity index (χ2v) is 9.29. The van der Waals surface area contributed by atoms with Crippen LogP contribution in [0.25, 0.3) is 0 Å². The summed E-state index contributed by atoms with van der Waals surface area (Å²) in [5.74, 6) is -0.134. The Balaban J connectivity index is 1.51. The Morgan fingerprint density at radius 1 is 1.06 bits per heavy atom. The first-order chi connectivity index (χ1) is 16.4. The predicted octanol–water partition coefficient (Wildman–Crippen LogP) is 4.98. The molecule has 0 unspecified atom stereocenters. The Kier molecular flexibility index (Phi) is 5.52. The number of hydrogen-bond donors (Lipinski definition) is 2. The monoisotopic (exact) mass is 455 g/mol. The number of carbonyl (C=O) groups excluding carboxylic acids is 2. The van der Waals surface area contributed by atoms with E-state index in [1.807, 2.05) is 93.6 Å². The first kappa shape index (κ1) is 22.0. The number of anilines is 1. The number of rotatable bonds is 5. The van der Waals surface area contributed by atoms with Gasteiger partial charge in [0.15, 0.2) is 5.72 Å². The topological polar surface area (TPSA) is 70.7 Å². The van der Waals surface area contributed by atoms with Crippen LogP contribution in [0.5, 0.6) is 5.75 Å². The molecule has 2 N–H and O–H groups in total. The van der Waals surface area contributed by atoms with Crippen molar-refractivity contribution in [3.63, 3.8) is 0 Å². The van der Waals surface area contributed by atoms with E-state index >= 15 is 0 Å². The van der Waals surface area contributed by atoms with Gasteiger partial charge in [0.25, 0.3) is 0 Å². The molecular formula is C28H29N3O3. The third-order valence-electron chi connectivity index (χ3n) is 6.93. The van der Waals surface area contributed by atoms with E-state index in [1.54, 1.807) is 4.90 Å². The normalized spacial score (nSPS) is 22.9. The lowest BCUT2D eigenvalue weighted by molar-refractivity contribution is -0.153. The van der Waals surface area contributed by atoms with E-state index in [4.69, 9.17) is 4.74 Å². The third-order valence-corrected chi connectivity index (χ3v) is 6.93. The van der Waals surface area contributed by atoms with Crippen LogP contribution >= 0.6 is 0 Å². The average Bonchev–Trinajstić information content (AvgIpc) is 2.81. The fourth-order valence-electron chi connectivity index (χ4n) is 5.17. The lowest BCUT2D eigenvalue weighted by Gasteiger charge is -2.54. The predicted molar refractivity (Wildman–Crippen MR) is 132 cm³/mol. The van der Waals surface area contributed by atoms with E-state index in [0.717, 1.165) is 27.9 Å². The average molecular weight is 456 g/mol. The van der Waals surface area contributed by atoms with E-state index in [-0.39, 0.29) is 11.9 Å². The summed E-state index contributed by atoms with van der Waals surface area (Å²) >= 11 is 0. The van der Waals surface area contributed by atoms with Gasteiger partial charge in [-0.05, 0) is 50.5 Å². The molecule has 2 bridgehead atoms. The van der Waals surface area contributed by atoms with Gasteiger partial charge >= 0.3 is 6.03 Å². The molecule has 5 rings (SSSR count). The van der Waals surface area contributed by atoms with Gasteiger partial charge in [0, 0.05) is 17.8 Å². The number of fused-ring (bicyclic) bond motifs is 4. The Labute approximate surface area is 199 Å². The highest BCUT2D eigenvalue weighted by Gasteiger charge is 2.59. The molecule has 2 aliphatic heterocycles. The van der Waals surface area contributed by atoms with Crippen molar-refractivity contribution < 1.29 is 14.3 Å². The zero-order valence-electron chi connectivity index (χ0n) is 19.7. The molecule has 0 aliphatic carbocycles. The summed E-state index contributed by atoms with van der Waals surface area (Å²) in [6, 6.07) is 22.8. The summed E-state index contributed by atoms with van der Waals surface area (Å²) in [6.07, 6.45) is 0.658. The zero-order chi connectivity index (χ0) is 23.9. The summed E-state index contributed by atoms with van der Waals surface area (Å²) in [5, 5.41) is 6.21. The van der Waals surface area contributed by atoms with Gasteiger partial charge < -0.3 is 15.4 Å². The van der Waals surface area contributed by atoms with Crippen molar-refractivity contribution in [3.8, 4) is 5.75 Å². The number of amides is 3. The maximum atomic E-state index is 13.8. The van der Waals surface area contributed by atoms with Crippen LogP contribution in [0.1, 0.15) is 35.2 Å². The molecule has 174 valence electrons. The third kappa shape index (κ3) is 3.79. The highest BCUT2D eigenvalue weighted by Crippen LogP contribution is 2.48. The number of nitrogens with one attached hydrogen (secondary N) is 2. The van der Waals surface area contributed by atoms with Crippen molar-refractivity contribution in [1.29, 1.82) is 0 Å². The molecule has 0 aromatic heterocycles. The number of nitrogens with zero attached hydrogens (tertiary/aromatic N) is 1. The summed E-state index contributed by atoms with van der Waals surface area (Å²) in [7, 11) is 0. The highest BCUT2D eigenvalue weighted by atomic mass is 16.5. The van der Waals surface area contributed by atoms with E-state index in [2.05, 4.69) is 10.6 Å². The largest absolute Gasteiger partial charge is 0.467 e. The molecule has 3 amide bonds. The Bertz CT molecular complexity index is 1240. The molecule has 6 heteroatoms. The summed E-state index contributed by atoms with van der Waals surface area (Å²) in [4.78, 5) is 28.7. The van der Waals surface area contributed by atoms with Crippen LogP contribution in [0.4, 0.5) is 10.5 Å². The van der Waals surface area contributed by atoms with Crippen molar-refractivity contribution in [2.45, 2.75) is 39.0 Å². The first-order valence-electron chi connectivity index (χ1n) is 11.6. The van der Waals surface area contributed by atoms with Crippen LogP contribution in [0.3, 0.4) is 0 Å². The molecule has 2 heterocycles. The van der Waals surface area contributed by atoms with E-state index < -0.39 is 17.7 Å². The van der Waals surface area contributed by atoms with Gasteiger partial charge in [0.2, 0.25) is 5.91 Å². The van der Waals surface area contributed by atoms with Gasteiger partial charge in [0.1, 0.15) is 11.7 Å². The van der Waals surface area contributed by atoms with Crippen molar-refractivity contribution in [3.05, 3.63) is 95.1 Å². The van der Waals surface area contributed by atoms with Crippen molar-refractivity contribution >= 4 is 17.6 Å². The van der Waals surface area contributed by atoms with E-state index in [0.29, 0.717) is 18.7 Å². The maximum absolute atomic E-state index is 13.8.